The highest BCUT2D eigenvalue weighted by atomic mass is 16.5. The van der Waals surface area contributed by atoms with Crippen LogP contribution < -0.4 is 9.47 Å². The smallest absolute Gasteiger partial charge is 0.122 e. The van der Waals surface area contributed by atoms with E-state index >= 15 is 0 Å². The molecule has 0 unspecified atom stereocenters. The number of hydrogen-bond donors (Lipinski definition) is 0. The van der Waals surface area contributed by atoms with Gasteiger partial charge in [-0.15, -0.1) is 0 Å². The highest BCUT2D eigenvalue weighted by molar-refractivity contribution is 5.32. The van der Waals surface area contributed by atoms with Gasteiger partial charge in [0.2, 0.25) is 0 Å². The first kappa shape index (κ1) is 18.3. The maximum atomic E-state index is 5.76. The first-order chi connectivity index (χ1) is 10.9. The Morgan fingerprint density at radius 3 is 1.73 bits per heavy atom. The van der Waals surface area contributed by atoms with Crippen molar-refractivity contribution in [1.29, 1.82) is 0 Å². The van der Waals surface area contributed by atoms with E-state index in [-0.39, 0.29) is 0 Å². The van der Waals surface area contributed by atoms with Gasteiger partial charge in [0.05, 0.1) is 13.2 Å². The van der Waals surface area contributed by atoms with Crippen molar-refractivity contribution in [2.75, 3.05) is 13.2 Å². The lowest BCUT2D eigenvalue weighted by molar-refractivity contribution is 0.296. The molecule has 0 saturated heterocycles. The molecule has 0 radical (unpaired) electrons. The lowest BCUT2D eigenvalue weighted by atomic mass is 10.2. The molecule has 2 heteroatoms. The van der Waals surface area contributed by atoms with Crippen LogP contribution in [0.3, 0.4) is 0 Å². The van der Waals surface area contributed by atoms with Crippen LogP contribution >= 0.6 is 0 Å². The van der Waals surface area contributed by atoms with E-state index in [1.54, 1.807) is 0 Å². The first-order valence-corrected chi connectivity index (χ1v) is 8.52. The minimum absolute atomic E-state index is 0.749. The first-order valence-electron chi connectivity index (χ1n) is 8.52. The Morgan fingerprint density at radius 1 is 0.773 bits per heavy atom. The highest BCUT2D eigenvalue weighted by Gasteiger charge is 1.98. The number of ether oxygens (including phenoxy) is 2. The Balaban J connectivity index is 2.21. The summed E-state index contributed by atoms with van der Waals surface area (Å²) in [6, 6.07) is 7.93. The highest BCUT2D eigenvalue weighted by Crippen LogP contribution is 2.20. The van der Waals surface area contributed by atoms with Crippen molar-refractivity contribution in [2.24, 2.45) is 0 Å². The molecule has 0 aliphatic carbocycles. The van der Waals surface area contributed by atoms with Gasteiger partial charge in [0.25, 0.3) is 0 Å². The minimum Gasteiger partial charge on any atom is -0.493 e. The van der Waals surface area contributed by atoms with Crippen molar-refractivity contribution in [1.82, 2.24) is 0 Å². The Kier molecular flexibility index (Phi) is 10.8. The molecule has 0 saturated carbocycles. The van der Waals surface area contributed by atoms with Crippen LogP contribution in [0.2, 0.25) is 0 Å². The lowest BCUT2D eigenvalue weighted by Crippen LogP contribution is -1.99. The maximum Gasteiger partial charge on any atom is 0.122 e. The van der Waals surface area contributed by atoms with E-state index in [1.807, 2.05) is 24.3 Å². The predicted octanol–water partition coefficient (Wildman–Crippen LogP) is 5.94. The number of rotatable bonds is 12. The van der Waals surface area contributed by atoms with Gasteiger partial charge < -0.3 is 9.47 Å². The Hall–Kier alpha value is -1.70. The second-order valence-electron chi connectivity index (χ2n) is 5.22. The van der Waals surface area contributed by atoms with Gasteiger partial charge in [-0.25, -0.2) is 0 Å². The molecule has 122 valence electrons. The molecule has 0 aliphatic heterocycles. The summed E-state index contributed by atoms with van der Waals surface area (Å²) in [5.41, 5.74) is 0. The Bertz CT molecular complexity index is 398. The third kappa shape index (κ3) is 9.28. The zero-order chi connectivity index (χ0) is 15.9. The SMILES string of the molecule is CC/C=C/CCCOc1cccc(OCCC/C=C/CC)c1. The molecule has 1 aromatic rings. The molecule has 0 spiro atoms. The summed E-state index contributed by atoms with van der Waals surface area (Å²) >= 11 is 0. The zero-order valence-corrected chi connectivity index (χ0v) is 14.1. The molecule has 2 nitrogen and oxygen atoms in total. The van der Waals surface area contributed by atoms with Gasteiger partial charge in [0.1, 0.15) is 11.5 Å². The summed E-state index contributed by atoms with van der Waals surface area (Å²) in [6.07, 6.45) is 15.3. The van der Waals surface area contributed by atoms with Crippen LogP contribution in [0.5, 0.6) is 11.5 Å². The summed E-state index contributed by atoms with van der Waals surface area (Å²) in [6.45, 7) is 5.80. The molecule has 1 rings (SSSR count). The van der Waals surface area contributed by atoms with E-state index < -0.39 is 0 Å². The average molecular weight is 302 g/mol. The van der Waals surface area contributed by atoms with Crippen LogP contribution in [0.25, 0.3) is 0 Å². The summed E-state index contributed by atoms with van der Waals surface area (Å²) < 4.78 is 11.5. The van der Waals surface area contributed by atoms with Gasteiger partial charge in [-0.1, -0.05) is 44.2 Å². The molecular weight excluding hydrogens is 272 g/mol. The monoisotopic (exact) mass is 302 g/mol. The van der Waals surface area contributed by atoms with Crippen molar-refractivity contribution in [3.8, 4) is 11.5 Å². The van der Waals surface area contributed by atoms with Crippen LogP contribution in [0, 0.1) is 0 Å². The van der Waals surface area contributed by atoms with E-state index in [4.69, 9.17) is 9.47 Å². The van der Waals surface area contributed by atoms with Gasteiger partial charge in [-0.2, -0.15) is 0 Å². The lowest BCUT2D eigenvalue weighted by Gasteiger charge is -2.09. The fourth-order valence-corrected chi connectivity index (χ4v) is 2.01. The normalized spacial score (nSPS) is 11.4. The molecule has 0 atom stereocenters. The average Bonchev–Trinajstić information content (AvgIpc) is 2.54. The van der Waals surface area contributed by atoms with Gasteiger partial charge >= 0.3 is 0 Å². The fraction of sp³-hybridized carbons (Fsp3) is 0.500. The van der Waals surface area contributed by atoms with Crippen LogP contribution in [-0.2, 0) is 0 Å². The largest absolute Gasteiger partial charge is 0.493 e. The van der Waals surface area contributed by atoms with Crippen molar-refractivity contribution >= 4 is 0 Å². The molecule has 22 heavy (non-hydrogen) atoms. The van der Waals surface area contributed by atoms with E-state index in [2.05, 4.69) is 38.2 Å². The van der Waals surface area contributed by atoms with E-state index in [9.17, 15) is 0 Å². The van der Waals surface area contributed by atoms with Gasteiger partial charge in [-0.3, -0.25) is 0 Å². The van der Waals surface area contributed by atoms with Gasteiger partial charge in [-0.05, 0) is 50.7 Å². The van der Waals surface area contributed by atoms with Crippen LogP contribution in [-0.4, -0.2) is 13.2 Å². The van der Waals surface area contributed by atoms with E-state index in [1.165, 1.54) is 0 Å². The molecule has 0 N–H and O–H groups in total. The van der Waals surface area contributed by atoms with Crippen molar-refractivity contribution in [2.45, 2.75) is 52.4 Å². The molecule has 0 aromatic heterocycles. The number of benzene rings is 1. The standard InChI is InChI=1S/C20H30O2/c1-3-5-7-9-11-16-21-19-14-13-15-20(18-19)22-17-12-10-8-6-4-2/h5-8,13-15,18H,3-4,9-12,16-17H2,1-2H3/b7-5+,8-6+. The second kappa shape index (κ2) is 13.0. The van der Waals surface area contributed by atoms with Crippen LogP contribution in [0.1, 0.15) is 52.4 Å². The second-order valence-corrected chi connectivity index (χ2v) is 5.22. The quantitative estimate of drug-likeness (QED) is 0.351. The molecule has 0 heterocycles. The molecule has 0 amide bonds. The summed E-state index contributed by atoms with van der Waals surface area (Å²) in [4.78, 5) is 0. The molecule has 1 aromatic carbocycles. The minimum atomic E-state index is 0.749. The third-order valence-corrected chi connectivity index (χ3v) is 3.18. The number of unbranched alkanes of at least 4 members (excludes halogenated alkanes) is 2. The Morgan fingerprint density at radius 2 is 1.27 bits per heavy atom. The maximum absolute atomic E-state index is 5.76. The Labute approximate surface area is 135 Å². The summed E-state index contributed by atoms with van der Waals surface area (Å²) in [7, 11) is 0. The van der Waals surface area contributed by atoms with Gasteiger partial charge in [0, 0.05) is 6.07 Å². The van der Waals surface area contributed by atoms with Crippen LogP contribution in [0.15, 0.2) is 48.6 Å². The fourth-order valence-electron chi connectivity index (χ4n) is 2.01. The topological polar surface area (TPSA) is 18.5 Å². The van der Waals surface area contributed by atoms with E-state index in [0.717, 1.165) is 63.2 Å². The van der Waals surface area contributed by atoms with Crippen molar-refractivity contribution in [3.63, 3.8) is 0 Å². The molecule has 0 aliphatic rings. The summed E-state index contributed by atoms with van der Waals surface area (Å²) in [5.74, 6) is 1.78. The molecular formula is C20H30O2. The van der Waals surface area contributed by atoms with Crippen molar-refractivity contribution < 1.29 is 9.47 Å². The zero-order valence-electron chi connectivity index (χ0n) is 14.1. The number of allylic oxidation sites excluding steroid dienone is 4. The third-order valence-electron chi connectivity index (χ3n) is 3.18. The van der Waals surface area contributed by atoms with Crippen LogP contribution in [0.4, 0.5) is 0 Å². The van der Waals surface area contributed by atoms with Crippen molar-refractivity contribution in [3.05, 3.63) is 48.6 Å². The van der Waals surface area contributed by atoms with E-state index in [0.29, 0.717) is 0 Å². The van der Waals surface area contributed by atoms with Gasteiger partial charge in [0.15, 0.2) is 0 Å². The summed E-state index contributed by atoms with van der Waals surface area (Å²) in [5, 5.41) is 0. The molecule has 0 bridgehead atoms. The number of hydrogen-bond acceptors (Lipinski definition) is 2. The predicted molar refractivity (Wildman–Crippen MR) is 94.8 cm³/mol. The molecule has 0 fully saturated rings.